The van der Waals surface area contributed by atoms with E-state index in [1.54, 1.807) is 0 Å². The van der Waals surface area contributed by atoms with Crippen molar-refractivity contribution in [2.24, 2.45) is 0 Å². The highest BCUT2D eigenvalue weighted by molar-refractivity contribution is 5.66. The molecule has 3 aromatic rings. The van der Waals surface area contributed by atoms with Gasteiger partial charge in [0.2, 0.25) is 5.95 Å². The van der Waals surface area contributed by atoms with Gasteiger partial charge in [-0.3, -0.25) is 0 Å². The van der Waals surface area contributed by atoms with Gasteiger partial charge in [0.25, 0.3) is 0 Å². The standard InChI is InChI=1S/C22H26N4O/c1-15(2)23-21-14-20(17-8-6-5-7-9-17)25-22(26-21)24-18-10-12-19(13-11-18)27-16(3)4/h5-16H,1-4H3,(H2,23,24,25,26). The lowest BCUT2D eigenvalue weighted by molar-refractivity contribution is 0.242. The Morgan fingerprint density at radius 1 is 0.852 bits per heavy atom. The van der Waals surface area contributed by atoms with Gasteiger partial charge in [-0.25, -0.2) is 4.98 Å². The first-order valence-corrected chi connectivity index (χ1v) is 9.24. The van der Waals surface area contributed by atoms with Crippen molar-refractivity contribution < 1.29 is 4.74 Å². The third kappa shape index (κ3) is 5.45. The second kappa shape index (κ2) is 8.54. The van der Waals surface area contributed by atoms with Gasteiger partial charge < -0.3 is 15.4 Å². The molecule has 0 aliphatic rings. The number of nitrogens with one attached hydrogen (secondary N) is 2. The average molecular weight is 362 g/mol. The second-order valence-electron chi connectivity index (χ2n) is 6.94. The molecule has 0 aliphatic carbocycles. The molecular weight excluding hydrogens is 336 g/mol. The van der Waals surface area contributed by atoms with Crippen LogP contribution in [0.15, 0.2) is 60.7 Å². The molecule has 0 saturated carbocycles. The Balaban J connectivity index is 1.87. The minimum absolute atomic E-state index is 0.152. The highest BCUT2D eigenvalue weighted by Gasteiger charge is 2.08. The summed E-state index contributed by atoms with van der Waals surface area (Å²) < 4.78 is 5.69. The van der Waals surface area contributed by atoms with Crippen molar-refractivity contribution in [3.63, 3.8) is 0 Å². The third-order valence-electron chi connectivity index (χ3n) is 3.71. The lowest BCUT2D eigenvalue weighted by Crippen LogP contribution is -2.12. The zero-order valence-electron chi connectivity index (χ0n) is 16.2. The molecule has 0 saturated heterocycles. The van der Waals surface area contributed by atoms with Crippen LogP contribution in [0.4, 0.5) is 17.5 Å². The van der Waals surface area contributed by atoms with Gasteiger partial charge >= 0.3 is 0 Å². The maximum absolute atomic E-state index is 5.69. The highest BCUT2D eigenvalue weighted by Crippen LogP contribution is 2.24. The summed E-state index contributed by atoms with van der Waals surface area (Å²) in [6, 6.07) is 20.2. The molecule has 140 valence electrons. The van der Waals surface area contributed by atoms with Gasteiger partial charge in [0.15, 0.2) is 0 Å². The zero-order chi connectivity index (χ0) is 19.2. The molecule has 2 N–H and O–H groups in total. The van der Waals surface area contributed by atoms with Crippen LogP contribution in [-0.2, 0) is 0 Å². The first-order valence-electron chi connectivity index (χ1n) is 9.24. The number of rotatable bonds is 7. The maximum Gasteiger partial charge on any atom is 0.229 e. The Kier molecular flexibility index (Phi) is 5.91. The fourth-order valence-corrected chi connectivity index (χ4v) is 2.65. The van der Waals surface area contributed by atoms with E-state index in [2.05, 4.69) is 34.4 Å². The first-order chi connectivity index (χ1) is 13.0. The minimum Gasteiger partial charge on any atom is -0.491 e. The summed E-state index contributed by atoms with van der Waals surface area (Å²) in [4.78, 5) is 9.28. The second-order valence-corrected chi connectivity index (χ2v) is 6.94. The third-order valence-corrected chi connectivity index (χ3v) is 3.71. The molecule has 1 heterocycles. The molecule has 5 heteroatoms. The molecule has 0 spiro atoms. The van der Waals surface area contributed by atoms with Crippen molar-refractivity contribution in [1.82, 2.24) is 9.97 Å². The molecule has 1 aromatic heterocycles. The van der Waals surface area contributed by atoms with Crippen LogP contribution in [0.3, 0.4) is 0 Å². The number of benzene rings is 2. The van der Waals surface area contributed by atoms with Crippen LogP contribution in [0, 0.1) is 0 Å². The Labute approximate surface area is 160 Å². The molecule has 5 nitrogen and oxygen atoms in total. The lowest BCUT2D eigenvalue weighted by Gasteiger charge is -2.14. The van der Waals surface area contributed by atoms with Crippen LogP contribution in [0.2, 0.25) is 0 Å². The summed E-state index contributed by atoms with van der Waals surface area (Å²) in [6.45, 7) is 8.20. The van der Waals surface area contributed by atoms with E-state index in [1.165, 1.54) is 0 Å². The fourth-order valence-electron chi connectivity index (χ4n) is 2.65. The highest BCUT2D eigenvalue weighted by atomic mass is 16.5. The molecule has 0 aliphatic heterocycles. The summed E-state index contributed by atoms with van der Waals surface area (Å²) in [7, 11) is 0. The summed E-state index contributed by atoms with van der Waals surface area (Å²) in [5.74, 6) is 2.19. The molecule has 3 rings (SSSR count). The van der Waals surface area contributed by atoms with E-state index >= 15 is 0 Å². The Morgan fingerprint density at radius 2 is 1.56 bits per heavy atom. The summed E-state index contributed by atoms with van der Waals surface area (Å²) in [5, 5.41) is 6.65. The van der Waals surface area contributed by atoms with Gasteiger partial charge in [0.1, 0.15) is 11.6 Å². The van der Waals surface area contributed by atoms with Gasteiger partial charge in [0.05, 0.1) is 11.8 Å². The van der Waals surface area contributed by atoms with Crippen LogP contribution in [0.25, 0.3) is 11.3 Å². The molecule has 0 unspecified atom stereocenters. The number of nitrogens with zero attached hydrogens (tertiary/aromatic N) is 2. The van der Waals surface area contributed by atoms with Crippen molar-refractivity contribution in [2.45, 2.75) is 39.8 Å². The van der Waals surface area contributed by atoms with Crippen LogP contribution >= 0.6 is 0 Å². The molecular formula is C22H26N4O. The Hall–Kier alpha value is -3.08. The number of ether oxygens (including phenoxy) is 1. The summed E-state index contributed by atoms with van der Waals surface area (Å²) >= 11 is 0. The monoisotopic (exact) mass is 362 g/mol. The van der Waals surface area contributed by atoms with Crippen LogP contribution < -0.4 is 15.4 Å². The smallest absolute Gasteiger partial charge is 0.229 e. The van der Waals surface area contributed by atoms with E-state index in [9.17, 15) is 0 Å². The molecule has 2 aromatic carbocycles. The summed E-state index contributed by atoms with van der Waals surface area (Å²) in [6.07, 6.45) is 0.152. The van der Waals surface area contributed by atoms with Gasteiger partial charge in [0, 0.05) is 23.4 Å². The van der Waals surface area contributed by atoms with Gasteiger partial charge in [-0.05, 0) is 52.0 Å². The number of aromatic nitrogens is 2. The topological polar surface area (TPSA) is 59.1 Å². The minimum atomic E-state index is 0.152. The van der Waals surface area contributed by atoms with E-state index in [0.29, 0.717) is 5.95 Å². The van der Waals surface area contributed by atoms with Crippen molar-refractivity contribution in [2.75, 3.05) is 10.6 Å². The number of hydrogen-bond acceptors (Lipinski definition) is 5. The van der Waals surface area contributed by atoms with Gasteiger partial charge in [-0.1, -0.05) is 30.3 Å². The molecule has 0 bridgehead atoms. The van der Waals surface area contributed by atoms with Crippen LogP contribution in [0.5, 0.6) is 5.75 Å². The van der Waals surface area contributed by atoms with Crippen molar-refractivity contribution in [3.05, 3.63) is 60.7 Å². The predicted molar refractivity (Wildman–Crippen MR) is 112 cm³/mol. The molecule has 0 radical (unpaired) electrons. The van der Waals surface area contributed by atoms with E-state index in [-0.39, 0.29) is 12.1 Å². The molecule has 0 atom stereocenters. The molecule has 27 heavy (non-hydrogen) atoms. The van der Waals surface area contributed by atoms with Crippen molar-refractivity contribution in [1.29, 1.82) is 0 Å². The van der Waals surface area contributed by atoms with E-state index < -0.39 is 0 Å². The zero-order valence-corrected chi connectivity index (χ0v) is 16.2. The largest absolute Gasteiger partial charge is 0.491 e. The summed E-state index contributed by atoms with van der Waals surface area (Å²) in [5.41, 5.74) is 2.83. The van der Waals surface area contributed by atoms with E-state index in [1.807, 2.05) is 74.5 Å². The lowest BCUT2D eigenvalue weighted by atomic mass is 10.1. The van der Waals surface area contributed by atoms with Crippen molar-refractivity contribution in [3.8, 4) is 17.0 Å². The van der Waals surface area contributed by atoms with Crippen LogP contribution in [0.1, 0.15) is 27.7 Å². The molecule has 0 fully saturated rings. The Bertz CT molecular complexity index is 861. The average Bonchev–Trinajstić information content (AvgIpc) is 2.63. The van der Waals surface area contributed by atoms with Crippen molar-refractivity contribution >= 4 is 17.5 Å². The van der Waals surface area contributed by atoms with Gasteiger partial charge in [-0.2, -0.15) is 4.98 Å². The quantitative estimate of drug-likeness (QED) is 0.581. The number of anilines is 3. The molecule has 0 amide bonds. The fraction of sp³-hybridized carbons (Fsp3) is 0.273. The Morgan fingerprint density at radius 3 is 2.19 bits per heavy atom. The maximum atomic E-state index is 5.69. The van der Waals surface area contributed by atoms with E-state index in [0.717, 1.165) is 28.5 Å². The predicted octanol–water partition coefficient (Wildman–Crippen LogP) is 5.49. The number of hydrogen-bond donors (Lipinski definition) is 2. The van der Waals surface area contributed by atoms with E-state index in [4.69, 9.17) is 4.74 Å². The normalized spacial score (nSPS) is 10.9. The van der Waals surface area contributed by atoms with Gasteiger partial charge in [-0.15, -0.1) is 0 Å². The van der Waals surface area contributed by atoms with Crippen LogP contribution in [-0.4, -0.2) is 22.1 Å². The first kappa shape index (κ1) is 18.7. The SMILES string of the molecule is CC(C)Nc1cc(-c2ccccc2)nc(Nc2ccc(OC(C)C)cc2)n1.